The van der Waals surface area contributed by atoms with E-state index in [-0.39, 0.29) is 0 Å². The predicted molar refractivity (Wildman–Crippen MR) is 87.5 cm³/mol. The predicted octanol–water partition coefficient (Wildman–Crippen LogP) is 1.17. The largest absolute Gasteiger partial charge is 0.382 e. The first kappa shape index (κ1) is 18.4. The number of ether oxygens (including phenoxy) is 1. The van der Waals surface area contributed by atoms with E-state index < -0.39 is 31.4 Å². The molecule has 132 valence electrons. The van der Waals surface area contributed by atoms with Gasteiger partial charge >= 0.3 is 0 Å². The lowest BCUT2D eigenvalue weighted by Gasteiger charge is -2.28. The molecule has 0 spiro atoms. The monoisotopic (exact) mass is 356 g/mol. The summed E-state index contributed by atoms with van der Waals surface area (Å²) in [6, 6.07) is 3.83. The number of benzene rings is 1. The molecule has 0 aromatic heterocycles. The maximum atomic E-state index is 14.2. The van der Waals surface area contributed by atoms with Crippen molar-refractivity contribution < 1.29 is 22.3 Å². The van der Waals surface area contributed by atoms with Crippen molar-refractivity contribution in [2.75, 3.05) is 40.4 Å². The Morgan fingerprint density at radius 3 is 2.46 bits per heavy atom. The average Bonchev–Trinajstić information content (AvgIpc) is 2.52. The van der Waals surface area contributed by atoms with E-state index in [0.717, 1.165) is 6.07 Å². The molecule has 0 atom stereocenters. The Balaban J connectivity index is 2.48. The Hall–Kier alpha value is -1.93. The SMILES string of the molecule is Cc1ccc(S(=O)(=O)/C(=C/N(C)C)C(=O)N2CCOCC2)c(F)c1. The molecule has 1 aliphatic heterocycles. The van der Waals surface area contributed by atoms with Crippen molar-refractivity contribution in [3.63, 3.8) is 0 Å². The molecule has 1 heterocycles. The van der Waals surface area contributed by atoms with Gasteiger partial charge < -0.3 is 14.5 Å². The highest BCUT2D eigenvalue weighted by Gasteiger charge is 2.33. The molecule has 0 unspecified atom stereocenters. The Labute approximate surface area is 141 Å². The van der Waals surface area contributed by atoms with Crippen LogP contribution in [0.1, 0.15) is 5.56 Å². The molecule has 1 amide bonds. The number of rotatable bonds is 4. The van der Waals surface area contributed by atoms with Crippen LogP contribution in [0.25, 0.3) is 0 Å². The van der Waals surface area contributed by atoms with Crippen molar-refractivity contribution in [1.29, 1.82) is 0 Å². The van der Waals surface area contributed by atoms with Gasteiger partial charge in [-0.25, -0.2) is 12.8 Å². The van der Waals surface area contributed by atoms with Gasteiger partial charge in [0, 0.05) is 33.4 Å². The Morgan fingerprint density at radius 2 is 1.92 bits per heavy atom. The topological polar surface area (TPSA) is 66.9 Å². The third kappa shape index (κ3) is 3.93. The number of amides is 1. The molecule has 0 bridgehead atoms. The van der Waals surface area contributed by atoms with Crippen LogP contribution in [0.15, 0.2) is 34.2 Å². The highest BCUT2D eigenvalue weighted by Crippen LogP contribution is 2.25. The molecule has 0 radical (unpaired) electrons. The molecular weight excluding hydrogens is 335 g/mol. The molecule has 0 saturated carbocycles. The van der Waals surface area contributed by atoms with Crippen LogP contribution in [0.2, 0.25) is 0 Å². The zero-order valence-electron chi connectivity index (χ0n) is 14.0. The number of hydrogen-bond acceptors (Lipinski definition) is 5. The van der Waals surface area contributed by atoms with Crippen LogP contribution in [0.3, 0.4) is 0 Å². The lowest BCUT2D eigenvalue weighted by atomic mass is 10.2. The van der Waals surface area contributed by atoms with E-state index in [0.29, 0.717) is 31.9 Å². The number of halogens is 1. The van der Waals surface area contributed by atoms with Crippen LogP contribution < -0.4 is 0 Å². The van der Waals surface area contributed by atoms with Gasteiger partial charge in [-0.3, -0.25) is 4.79 Å². The van der Waals surface area contributed by atoms with E-state index in [9.17, 15) is 17.6 Å². The summed E-state index contributed by atoms with van der Waals surface area (Å²) >= 11 is 0. The summed E-state index contributed by atoms with van der Waals surface area (Å²) in [5.41, 5.74) is 0.601. The summed E-state index contributed by atoms with van der Waals surface area (Å²) in [6.07, 6.45) is 1.21. The standard InChI is InChI=1S/C16H21FN2O4S/c1-12-4-5-14(13(17)10-12)24(21,22)15(11-18(2)3)16(20)19-6-8-23-9-7-19/h4-5,10-11H,6-9H2,1-3H3/b15-11+. The lowest BCUT2D eigenvalue weighted by Crippen LogP contribution is -2.42. The molecule has 1 saturated heterocycles. The molecule has 1 fully saturated rings. The molecule has 1 aromatic carbocycles. The molecule has 1 aliphatic rings. The van der Waals surface area contributed by atoms with Crippen molar-refractivity contribution in [2.24, 2.45) is 0 Å². The number of sulfone groups is 1. The Bertz CT molecular complexity index is 753. The van der Waals surface area contributed by atoms with Gasteiger partial charge in [0.05, 0.1) is 13.2 Å². The second-order valence-electron chi connectivity index (χ2n) is 5.80. The molecule has 0 N–H and O–H groups in total. The van der Waals surface area contributed by atoms with E-state index >= 15 is 0 Å². The zero-order valence-corrected chi connectivity index (χ0v) is 14.8. The van der Waals surface area contributed by atoms with Gasteiger partial charge in [0.25, 0.3) is 5.91 Å². The quantitative estimate of drug-likeness (QED) is 0.758. The van der Waals surface area contributed by atoms with Crippen LogP contribution in [-0.2, 0) is 19.4 Å². The summed E-state index contributed by atoms with van der Waals surface area (Å²) in [4.78, 5) is 14.6. The summed E-state index contributed by atoms with van der Waals surface area (Å²) in [6.45, 7) is 2.96. The second kappa shape index (κ2) is 7.31. The first-order valence-corrected chi connectivity index (χ1v) is 8.98. The number of morpholine rings is 1. The molecule has 8 heteroatoms. The molecule has 6 nitrogen and oxygen atoms in total. The smallest absolute Gasteiger partial charge is 0.267 e. The number of carbonyl (C=O) groups is 1. The summed E-state index contributed by atoms with van der Waals surface area (Å²) in [7, 11) is -1.07. The highest BCUT2D eigenvalue weighted by atomic mass is 32.2. The van der Waals surface area contributed by atoms with Crippen LogP contribution >= 0.6 is 0 Å². The number of hydrogen-bond donors (Lipinski definition) is 0. The van der Waals surface area contributed by atoms with Gasteiger partial charge in [0.15, 0.2) is 4.91 Å². The molecule has 24 heavy (non-hydrogen) atoms. The number of nitrogens with zero attached hydrogens (tertiary/aromatic N) is 2. The normalized spacial score (nSPS) is 16.2. The van der Waals surface area contributed by atoms with Crippen molar-refractivity contribution in [3.8, 4) is 0 Å². The van der Waals surface area contributed by atoms with Crippen LogP contribution in [0, 0.1) is 12.7 Å². The lowest BCUT2D eigenvalue weighted by molar-refractivity contribution is -0.130. The fourth-order valence-electron chi connectivity index (χ4n) is 2.34. The maximum Gasteiger partial charge on any atom is 0.267 e. The third-order valence-electron chi connectivity index (χ3n) is 3.55. The van der Waals surface area contributed by atoms with Gasteiger partial charge in [0.1, 0.15) is 10.7 Å². The van der Waals surface area contributed by atoms with Gasteiger partial charge in [-0.15, -0.1) is 0 Å². The minimum atomic E-state index is -4.28. The maximum absolute atomic E-state index is 14.2. The van der Waals surface area contributed by atoms with Crippen molar-refractivity contribution >= 4 is 15.7 Å². The molecular formula is C16H21FN2O4S. The van der Waals surface area contributed by atoms with Crippen molar-refractivity contribution in [3.05, 3.63) is 40.7 Å². The average molecular weight is 356 g/mol. The Morgan fingerprint density at radius 1 is 1.29 bits per heavy atom. The fraction of sp³-hybridized carbons (Fsp3) is 0.438. The van der Waals surface area contributed by atoms with Gasteiger partial charge in [-0.1, -0.05) is 6.07 Å². The summed E-state index contributed by atoms with van der Waals surface area (Å²) in [5.74, 6) is -1.51. The van der Waals surface area contributed by atoms with Gasteiger partial charge in [-0.05, 0) is 24.6 Å². The van der Waals surface area contributed by atoms with Gasteiger partial charge in [0.2, 0.25) is 9.84 Å². The molecule has 0 aliphatic carbocycles. The second-order valence-corrected chi connectivity index (χ2v) is 7.69. The first-order chi connectivity index (χ1) is 11.2. The molecule has 1 aromatic rings. The van der Waals surface area contributed by atoms with Crippen molar-refractivity contribution in [1.82, 2.24) is 9.80 Å². The highest BCUT2D eigenvalue weighted by molar-refractivity contribution is 7.96. The number of carbonyl (C=O) groups excluding carboxylic acids is 1. The van der Waals surface area contributed by atoms with Crippen LogP contribution in [0.5, 0.6) is 0 Å². The zero-order chi connectivity index (χ0) is 17.9. The van der Waals surface area contributed by atoms with Crippen LogP contribution in [-0.4, -0.2) is 64.5 Å². The van der Waals surface area contributed by atoms with Crippen LogP contribution in [0.4, 0.5) is 4.39 Å². The number of aryl methyl sites for hydroxylation is 1. The first-order valence-electron chi connectivity index (χ1n) is 7.50. The van der Waals surface area contributed by atoms with Crippen molar-refractivity contribution in [2.45, 2.75) is 11.8 Å². The van der Waals surface area contributed by atoms with Gasteiger partial charge in [-0.2, -0.15) is 0 Å². The summed E-state index contributed by atoms with van der Waals surface area (Å²) in [5, 5.41) is 0. The van der Waals surface area contributed by atoms with E-state index in [2.05, 4.69) is 0 Å². The minimum absolute atomic E-state index is 0.301. The summed E-state index contributed by atoms with van der Waals surface area (Å²) < 4.78 is 45.1. The van der Waals surface area contributed by atoms with E-state index in [1.165, 1.54) is 28.1 Å². The third-order valence-corrected chi connectivity index (χ3v) is 5.32. The van der Waals surface area contributed by atoms with E-state index in [1.807, 2.05) is 0 Å². The fourth-order valence-corrected chi connectivity index (χ4v) is 3.85. The Kier molecular flexibility index (Phi) is 5.61. The molecule has 2 rings (SSSR count). The van der Waals surface area contributed by atoms with E-state index in [4.69, 9.17) is 4.74 Å². The van der Waals surface area contributed by atoms with E-state index in [1.54, 1.807) is 21.0 Å². The minimum Gasteiger partial charge on any atom is -0.382 e.